The molecule has 0 bridgehead atoms. The van der Waals surface area contributed by atoms with E-state index in [4.69, 9.17) is 5.11 Å². The summed E-state index contributed by atoms with van der Waals surface area (Å²) in [5, 5.41) is 18.0. The molecule has 0 rings (SSSR count). The van der Waals surface area contributed by atoms with E-state index in [0.717, 1.165) is 0 Å². The zero-order chi connectivity index (χ0) is 13.0. The topological polar surface area (TPSA) is 116 Å². The lowest BCUT2D eigenvalue weighted by Gasteiger charge is -2.21. The van der Waals surface area contributed by atoms with Crippen molar-refractivity contribution in [1.82, 2.24) is 9.44 Å². The van der Waals surface area contributed by atoms with Crippen LogP contribution < -0.4 is 9.44 Å². The third kappa shape index (κ3) is 7.57. The fraction of sp³-hybridized carbons (Fsp3) is 0.875. The Balaban J connectivity index is 4.28. The van der Waals surface area contributed by atoms with Gasteiger partial charge in [0.2, 0.25) is 0 Å². The molecule has 8 heteroatoms. The van der Waals surface area contributed by atoms with E-state index in [0.29, 0.717) is 0 Å². The predicted molar refractivity (Wildman–Crippen MR) is 58.1 cm³/mol. The molecule has 16 heavy (non-hydrogen) atoms. The molecule has 96 valence electrons. The van der Waals surface area contributed by atoms with Crippen LogP contribution in [0, 0.1) is 0 Å². The molecule has 0 aromatic heterocycles. The van der Waals surface area contributed by atoms with Crippen molar-refractivity contribution in [2.45, 2.75) is 38.8 Å². The molecule has 0 aliphatic rings. The summed E-state index contributed by atoms with van der Waals surface area (Å²) in [6.45, 7) is 4.18. The Labute approximate surface area is 95.0 Å². The van der Waals surface area contributed by atoms with Crippen LogP contribution in [0.4, 0.5) is 0 Å². The number of carbonyl (C=O) groups is 1. The summed E-state index contributed by atoms with van der Waals surface area (Å²) < 4.78 is 26.9. The first-order chi connectivity index (χ1) is 7.04. The lowest BCUT2D eigenvalue weighted by atomic mass is 10.0. The molecule has 0 saturated heterocycles. The summed E-state index contributed by atoms with van der Waals surface area (Å²) >= 11 is 0. The van der Waals surface area contributed by atoms with Gasteiger partial charge in [-0.05, 0) is 20.8 Å². The maximum absolute atomic E-state index is 11.3. The quantitative estimate of drug-likeness (QED) is 0.467. The van der Waals surface area contributed by atoms with Crippen LogP contribution in [0.25, 0.3) is 0 Å². The van der Waals surface area contributed by atoms with Gasteiger partial charge < -0.3 is 10.2 Å². The van der Waals surface area contributed by atoms with Gasteiger partial charge in [0.05, 0.1) is 12.0 Å². The van der Waals surface area contributed by atoms with Crippen molar-refractivity contribution in [3.63, 3.8) is 0 Å². The number of nitrogens with one attached hydrogen (secondary N) is 2. The van der Waals surface area contributed by atoms with Gasteiger partial charge in [-0.1, -0.05) is 0 Å². The molecule has 0 radical (unpaired) electrons. The van der Waals surface area contributed by atoms with Gasteiger partial charge in [0.25, 0.3) is 10.2 Å². The van der Waals surface area contributed by atoms with E-state index in [2.05, 4.69) is 9.44 Å². The zero-order valence-electron chi connectivity index (χ0n) is 9.52. The smallest absolute Gasteiger partial charge is 0.306 e. The number of aliphatic carboxylic acids is 1. The van der Waals surface area contributed by atoms with E-state index in [1.54, 1.807) is 13.8 Å². The van der Waals surface area contributed by atoms with Crippen molar-refractivity contribution >= 4 is 16.2 Å². The molecule has 0 heterocycles. The van der Waals surface area contributed by atoms with Crippen LogP contribution in [0.5, 0.6) is 0 Å². The minimum atomic E-state index is -3.70. The summed E-state index contributed by atoms with van der Waals surface area (Å²) in [6, 6.07) is -0.276. The third-order valence-electron chi connectivity index (χ3n) is 1.57. The van der Waals surface area contributed by atoms with E-state index < -0.39 is 28.2 Å². The van der Waals surface area contributed by atoms with Gasteiger partial charge in [-0.3, -0.25) is 4.79 Å². The van der Waals surface area contributed by atoms with Crippen LogP contribution in [0.2, 0.25) is 0 Å². The predicted octanol–water partition coefficient (Wildman–Crippen LogP) is -0.955. The fourth-order valence-corrected chi connectivity index (χ4v) is 2.20. The number of hydrogen-bond acceptors (Lipinski definition) is 4. The monoisotopic (exact) mass is 254 g/mol. The molecule has 1 atom stereocenters. The van der Waals surface area contributed by atoms with Crippen molar-refractivity contribution in [2.24, 2.45) is 0 Å². The van der Waals surface area contributed by atoms with Gasteiger partial charge in [0.15, 0.2) is 0 Å². The van der Waals surface area contributed by atoms with E-state index in [-0.39, 0.29) is 12.6 Å². The number of carboxylic acids is 1. The van der Waals surface area contributed by atoms with Crippen molar-refractivity contribution in [2.75, 3.05) is 6.54 Å². The van der Waals surface area contributed by atoms with Gasteiger partial charge in [0, 0.05) is 12.6 Å². The third-order valence-corrected chi connectivity index (χ3v) is 2.87. The zero-order valence-corrected chi connectivity index (χ0v) is 10.3. The highest BCUT2D eigenvalue weighted by Gasteiger charge is 2.26. The second-order valence-electron chi connectivity index (χ2n) is 4.16. The molecule has 4 N–H and O–H groups in total. The van der Waals surface area contributed by atoms with Crippen LogP contribution in [-0.4, -0.2) is 42.8 Å². The normalized spacial score (nSPS) is 16.1. The first kappa shape index (κ1) is 15.3. The van der Waals surface area contributed by atoms with Crippen molar-refractivity contribution < 1.29 is 23.4 Å². The highest BCUT2D eigenvalue weighted by molar-refractivity contribution is 7.87. The lowest BCUT2D eigenvalue weighted by molar-refractivity contribution is -0.141. The van der Waals surface area contributed by atoms with Gasteiger partial charge in [-0.25, -0.2) is 0 Å². The van der Waals surface area contributed by atoms with Crippen molar-refractivity contribution in [3.8, 4) is 0 Å². The molecule has 0 aliphatic heterocycles. The van der Waals surface area contributed by atoms with Gasteiger partial charge in [-0.15, -0.1) is 0 Å². The van der Waals surface area contributed by atoms with E-state index in [9.17, 15) is 18.3 Å². The molecular weight excluding hydrogens is 236 g/mol. The van der Waals surface area contributed by atoms with Crippen LogP contribution in [0.1, 0.15) is 27.2 Å². The Bertz CT molecular complexity index is 336. The molecule has 0 aromatic rings. The maximum atomic E-state index is 11.3. The Kier molecular flexibility index (Phi) is 5.33. The van der Waals surface area contributed by atoms with Gasteiger partial charge in [0.1, 0.15) is 0 Å². The number of aliphatic hydroxyl groups is 1. The molecule has 0 saturated carbocycles. The molecule has 0 amide bonds. The fourth-order valence-electron chi connectivity index (χ4n) is 0.991. The average molecular weight is 254 g/mol. The van der Waals surface area contributed by atoms with Crippen LogP contribution in [0.3, 0.4) is 0 Å². The molecule has 0 fully saturated rings. The van der Waals surface area contributed by atoms with E-state index >= 15 is 0 Å². The Morgan fingerprint density at radius 2 is 1.94 bits per heavy atom. The number of hydrogen-bond donors (Lipinski definition) is 4. The Morgan fingerprint density at radius 1 is 1.44 bits per heavy atom. The molecule has 0 aliphatic carbocycles. The van der Waals surface area contributed by atoms with Crippen molar-refractivity contribution in [3.05, 3.63) is 0 Å². The van der Waals surface area contributed by atoms with Crippen LogP contribution in [0.15, 0.2) is 0 Å². The first-order valence-corrected chi connectivity index (χ1v) is 6.23. The molecule has 0 aromatic carbocycles. The highest BCUT2D eigenvalue weighted by atomic mass is 32.2. The molecule has 1 unspecified atom stereocenters. The maximum Gasteiger partial charge on any atom is 0.306 e. The first-order valence-electron chi connectivity index (χ1n) is 4.75. The summed E-state index contributed by atoms with van der Waals surface area (Å²) in [6.07, 6.45) is -0.531. The van der Waals surface area contributed by atoms with E-state index in [1.165, 1.54) is 6.92 Å². The largest absolute Gasteiger partial charge is 0.481 e. The van der Waals surface area contributed by atoms with Crippen LogP contribution in [-0.2, 0) is 15.0 Å². The molecule has 7 nitrogen and oxygen atoms in total. The molecular formula is C8H18N2O5S. The molecule has 0 spiro atoms. The summed E-state index contributed by atoms with van der Waals surface area (Å²) in [7, 11) is -3.70. The lowest BCUT2D eigenvalue weighted by Crippen LogP contribution is -2.47. The summed E-state index contributed by atoms with van der Waals surface area (Å²) in [5.41, 5.74) is -1.61. The minimum Gasteiger partial charge on any atom is -0.481 e. The SMILES string of the molecule is CC(C)NS(=O)(=O)NCC(C)(O)CC(=O)O. The van der Waals surface area contributed by atoms with Crippen LogP contribution >= 0.6 is 0 Å². The standard InChI is InChI=1S/C8H18N2O5S/c1-6(2)10-16(14,15)9-5-8(3,13)4-7(11)12/h6,9-10,13H,4-5H2,1-3H3,(H,11,12). The highest BCUT2D eigenvalue weighted by Crippen LogP contribution is 2.07. The Morgan fingerprint density at radius 3 is 2.31 bits per heavy atom. The Hall–Kier alpha value is -0.700. The van der Waals surface area contributed by atoms with Gasteiger partial charge in [-0.2, -0.15) is 17.9 Å². The number of rotatable bonds is 7. The summed E-state index contributed by atoms with van der Waals surface area (Å²) in [4.78, 5) is 10.4. The summed E-state index contributed by atoms with van der Waals surface area (Å²) in [5.74, 6) is -1.19. The minimum absolute atomic E-state index is 0.276. The van der Waals surface area contributed by atoms with E-state index in [1.807, 2.05) is 0 Å². The second kappa shape index (κ2) is 5.58. The average Bonchev–Trinajstić information content (AvgIpc) is 1.96. The van der Waals surface area contributed by atoms with Crippen molar-refractivity contribution in [1.29, 1.82) is 0 Å². The van der Waals surface area contributed by atoms with Gasteiger partial charge >= 0.3 is 5.97 Å². The second-order valence-corrected chi connectivity index (χ2v) is 5.70. The number of carboxylic acid groups (broad SMARTS) is 1.